The van der Waals surface area contributed by atoms with E-state index in [9.17, 15) is 19.7 Å². The number of likely N-dealkylation sites (tertiary alicyclic amines) is 1. The molecule has 0 radical (unpaired) electrons. The highest BCUT2D eigenvalue weighted by Crippen LogP contribution is 2.35. The summed E-state index contributed by atoms with van der Waals surface area (Å²) in [4.78, 5) is 36.0. The molecule has 1 aliphatic heterocycles. The lowest BCUT2D eigenvalue weighted by Gasteiger charge is -2.45. The number of halogens is 1. The van der Waals surface area contributed by atoms with E-state index in [0.717, 1.165) is 0 Å². The molecule has 1 aromatic rings. The van der Waals surface area contributed by atoms with Crippen LogP contribution in [0.4, 0.5) is 10.5 Å². The number of non-ortho nitro benzene ring substituents is 1. The molecule has 0 aliphatic carbocycles. The number of rotatable bonds is 3. The lowest BCUT2D eigenvalue weighted by Crippen LogP contribution is -2.54. The van der Waals surface area contributed by atoms with E-state index in [0.29, 0.717) is 19.4 Å². The number of benzene rings is 1. The van der Waals surface area contributed by atoms with E-state index < -0.39 is 11.0 Å². The van der Waals surface area contributed by atoms with Gasteiger partial charge < -0.3 is 15.4 Å². The molecule has 2 rings (SSSR count). The van der Waals surface area contributed by atoms with Gasteiger partial charge in [0.05, 0.1) is 15.5 Å². The Hall–Kier alpha value is -2.35. The van der Waals surface area contributed by atoms with Crippen molar-refractivity contribution in [3.8, 4) is 0 Å². The number of nitro groups is 1. The SMILES string of the molecule is CC(C)(C)C1CC(OC(N)=O)CCN1C(=O)c1ccc([N+](=O)[O-])cc1Cl. The lowest BCUT2D eigenvalue weighted by molar-refractivity contribution is -0.384. The molecule has 8 nitrogen and oxygen atoms in total. The van der Waals surface area contributed by atoms with Crippen molar-refractivity contribution in [2.24, 2.45) is 11.1 Å². The highest BCUT2D eigenvalue weighted by Gasteiger charge is 2.40. The number of carbonyl (C=O) groups is 2. The van der Waals surface area contributed by atoms with Gasteiger partial charge >= 0.3 is 6.09 Å². The fraction of sp³-hybridized carbons (Fsp3) is 0.529. The molecule has 26 heavy (non-hydrogen) atoms. The Labute approximate surface area is 156 Å². The maximum Gasteiger partial charge on any atom is 0.404 e. The fourth-order valence-electron chi connectivity index (χ4n) is 3.21. The van der Waals surface area contributed by atoms with Gasteiger partial charge in [0.1, 0.15) is 6.10 Å². The second-order valence-electron chi connectivity index (χ2n) is 7.38. The van der Waals surface area contributed by atoms with Gasteiger partial charge in [0.2, 0.25) is 0 Å². The minimum Gasteiger partial charge on any atom is -0.446 e. The Morgan fingerprint density at radius 3 is 2.54 bits per heavy atom. The number of primary amides is 1. The minimum atomic E-state index is -0.833. The van der Waals surface area contributed by atoms with Crippen LogP contribution in [-0.2, 0) is 4.74 Å². The molecule has 0 bridgehead atoms. The topological polar surface area (TPSA) is 116 Å². The predicted molar refractivity (Wildman–Crippen MR) is 96.1 cm³/mol. The van der Waals surface area contributed by atoms with Gasteiger partial charge in [-0.15, -0.1) is 0 Å². The predicted octanol–water partition coefficient (Wildman–Crippen LogP) is 3.36. The Morgan fingerprint density at radius 2 is 2.04 bits per heavy atom. The number of piperidine rings is 1. The highest BCUT2D eigenvalue weighted by molar-refractivity contribution is 6.34. The van der Waals surface area contributed by atoms with Gasteiger partial charge in [-0.1, -0.05) is 32.4 Å². The maximum absolute atomic E-state index is 13.0. The van der Waals surface area contributed by atoms with Crippen LogP contribution in [0.3, 0.4) is 0 Å². The van der Waals surface area contributed by atoms with Gasteiger partial charge in [-0.2, -0.15) is 0 Å². The van der Waals surface area contributed by atoms with Crippen LogP contribution < -0.4 is 5.73 Å². The summed E-state index contributed by atoms with van der Waals surface area (Å²) in [5, 5.41) is 10.9. The normalized spacial score (nSPS) is 20.5. The molecule has 1 heterocycles. The summed E-state index contributed by atoms with van der Waals surface area (Å²) in [5.41, 5.74) is 4.87. The number of carbonyl (C=O) groups excluding carboxylic acids is 2. The zero-order valence-corrected chi connectivity index (χ0v) is 15.7. The van der Waals surface area contributed by atoms with E-state index in [1.54, 1.807) is 4.90 Å². The van der Waals surface area contributed by atoms with Gasteiger partial charge in [-0.05, 0) is 11.5 Å². The second-order valence-corrected chi connectivity index (χ2v) is 7.79. The van der Waals surface area contributed by atoms with Crippen molar-refractivity contribution in [2.45, 2.75) is 45.8 Å². The Kier molecular flexibility index (Phi) is 5.75. The van der Waals surface area contributed by atoms with Crippen molar-refractivity contribution in [2.75, 3.05) is 6.54 Å². The minimum absolute atomic E-state index is 0.0346. The van der Waals surface area contributed by atoms with Crippen LogP contribution in [0.25, 0.3) is 0 Å². The summed E-state index contributed by atoms with van der Waals surface area (Å²) >= 11 is 6.11. The van der Waals surface area contributed by atoms with E-state index in [2.05, 4.69) is 0 Å². The molecule has 0 saturated carbocycles. The van der Waals surface area contributed by atoms with Crippen LogP contribution in [-0.4, -0.2) is 40.5 Å². The van der Waals surface area contributed by atoms with Crippen LogP contribution in [0.2, 0.25) is 5.02 Å². The van der Waals surface area contributed by atoms with Crippen LogP contribution >= 0.6 is 11.6 Å². The highest BCUT2D eigenvalue weighted by atomic mass is 35.5. The van der Waals surface area contributed by atoms with Crippen molar-refractivity contribution in [1.82, 2.24) is 4.90 Å². The van der Waals surface area contributed by atoms with Crippen molar-refractivity contribution >= 4 is 29.3 Å². The van der Waals surface area contributed by atoms with Crippen molar-refractivity contribution in [3.63, 3.8) is 0 Å². The molecule has 2 atom stereocenters. The molecular weight excluding hydrogens is 362 g/mol. The van der Waals surface area contributed by atoms with Gasteiger partial charge in [0.15, 0.2) is 0 Å². The summed E-state index contributed by atoms with van der Waals surface area (Å²) in [7, 11) is 0. The van der Waals surface area contributed by atoms with Crippen LogP contribution in [0, 0.1) is 15.5 Å². The van der Waals surface area contributed by atoms with E-state index in [1.807, 2.05) is 20.8 Å². The van der Waals surface area contributed by atoms with Gasteiger partial charge in [0, 0.05) is 37.6 Å². The summed E-state index contributed by atoms with van der Waals surface area (Å²) in [6, 6.07) is 3.59. The molecule has 2 N–H and O–H groups in total. The molecule has 142 valence electrons. The Morgan fingerprint density at radius 1 is 1.38 bits per heavy atom. The van der Waals surface area contributed by atoms with E-state index in [4.69, 9.17) is 22.1 Å². The third-order valence-corrected chi connectivity index (χ3v) is 4.80. The summed E-state index contributed by atoms with van der Waals surface area (Å²) in [5.74, 6) is -0.303. The average molecular weight is 384 g/mol. The van der Waals surface area contributed by atoms with Gasteiger partial charge in [0.25, 0.3) is 11.6 Å². The van der Waals surface area contributed by atoms with Gasteiger partial charge in [-0.3, -0.25) is 14.9 Å². The molecule has 1 aliphatic rings. The Balaban J connectivity index is 2.29. The molecular formula is C17H22ClN3O5. The molecule has 2 unspecified atom stereocenters. The molecule has 9 heteroatoms. The monoisotopic (exact) mass is 383 g/mol. The van der Waals surface area contributed by atoms with Crippen LogP contribution in [0.15, 0.2) is 18.2 Å². The van der Waals surface area contributed by atoms with Crippen molar-refractivity contribution in [1.29, 1.82) is 0 Å². The third-order valence-electron chi connectivity index (χ3n) is 4.49. The number of nitrogens with zero attached hydrogens (tertiary/aromatic N) is 2. The van der Waals surface area contributed by atoms with Gasteiger partial charge in [-0.25, -0.2) is 4.79 Å². The van der Waals surface area contributed by atoms with E-state index in [1.165, 1.54) is 18.2 Å². The number of hydrogen-bond acceptors (Lipinski definition) is 5. The summed E-state index contributed by atoms with van der Waals surface area (Å²) in [6.07, 6.45) is -0.261. The maximum atomic E-state index is 13.0. The first kappa shape index (κ1) is 20.0. The zero-order valence-electron chi connectivity index (χ0n) is 14.9. The third kappa shape index (κ3) is 4.43. The summed E-state index contributed by atoms with van der Waals surface area (Å²) < 4.78 is 5.12. The zero-order chi connectivity index (χ0) is 19.6. The fourth-order valence-corrected chi connectivity index (χ4v) is 3.47. The largest absolute Gasteiger partial charge is 0.446 e. The van der Waals surface area contributed by atoms with Crippen LogP contribution in [0.1, 0.15) is 44.0 Å². The number of ether oxygens (including phenoxy) is 1. The number of nitrogens with two attached hydrogens (primary N) is 1. The number of amides is 2. The van der Waals surface area contributed by atoms with Crippen molar-refractivity contribution < 1.29 is 19.2 Å². The molecule has 1 fully saturated rings. The molecule has 0 aromatic heterocycles. The first-order valence-corrected chi connectivity index (χ1v) is 8.59. The van der Waals surface area contributed by atoms with E-state index in [-0.39, 0.29) is 39.7 Å². The standard InChI is InChI=1S/C17H22ClN3O5/c1-17(2,3)14-9-11(26-16(19)23)6-7-20(14)15(22)12-5-4-10(21(24)25)8-13(12)18/h4-5,8,11,14H,6-7,9H2,1-3H3,(H2,19,23). The summed E-state index contributed by atoms with van der Waals surface area (Å²) in [6.45, 7) is 6.33. The van der Waals surface area contributed by atoms with Crippen molar-refractivity contribution in [3.05, 3.63) is 38.9 Å². The van der Waals surface area contributed by atoms with E-state index >= 15 is 0 Å². The average Bonchev–Trinajstić information content (AvgIpc) is 2.52. The smallest absolute Gasteiger partial charge is 0.404 e. The second kappa shape index (κ2) is 7.49. The van der Waals surface area contributed by atoms with Crippen LogP contribution in [0.5, 0.6) is 0 Å². The first-order valence-electron chi connectivity index (χ1n) is 8.21. The Bertz CT molecular complexity index is 732. The number of nitro benzene ring substituents is 1. The number of hydrogen-bond donors (Lipinski definition) is 1. The quantitative estimate of drug-likeness (QED) is 0.634. The lowest BCUT2D eigenvalue weighted by atomic mass is 9.79. The molecule has 0 spiro atoms. The first-order chi connectivity index (χ1) is 12.0. The molecule has 1 saturated heterocycles. The molecule has 1 aromatic carbocycles. The molecule has 2 amide bonds.